The first-order chi connectivity index (χ1) is 13.2. The lowest BCUT2D eigenvalue weighted by molar-refractivity contribution is -0.422. The number of nitrogens with one attached hydrogen (secondary N) is 1. The van der Waals surface area contributed by atoms with E-state index in [1.807, 2.05) is 13.8 Å². The summed E-state index contributed by atoms with van der Waals surface area (Å²) in [7, 11) is 0. The predicted molar refractivity (Wildman–Crippen MR) is 96.6 cm³/mol. The van der Waals surface area contributed by atoms with Gasteiger partial charge in [0, 0.05) is 12.6 Å². The highest BCUT2D eigenvalue weighted by molar-refractivity contribution is 5.31. The highest BCUT2D eigenvalue weighted by atomic mass is 16.8. The van der Waals surface area contributed by atoms with Gasteiger partial charge in [0.15, 0.2) is 6.10 Å². The van der Waals surface area contributed by atoms with Crippen molar-refractivity contribution in [2.45, 2.75) is 56.4 Å². The van der Waals surface area contributed by atoms with Crippen molar-refractivity contribution in [2.75, 3.05) is 19.8 Å². The van der Waals surface area contributed by atoms with Crippen molar-refractivity contribution in [1.82, 2.24) is 5.32 Å². The van der Waals surface area contributed by atoms with Gasteiger partial charge in [-0.1, -0.05) is 13.8 Å². The van der Waals surface area contributed by atoms with Crippen molar-refractivity contribution in [3.63, 3.8) is 0 Å². The molecule has 0 amide bonds. The second kappa shape index (κ2) is 9.81. The summed E-state index contributed by atoms with van der Waals surface area (Å²) in [4.78, 5) is 0. The molecule has 1 unspecified atom stereocenters. The van der Waals surface area contributed by atoms with Crippen LogP contribution < -0.4 is 14.8 Å². The van der Waals surface area contributed by atoms with E-state index in [0.29, 0.717) is 12.3 Å². The van der Waals surface area contributed by atoms with E-state index in [2.05, 4.69) is 5.32 Å². The first-order valence-electron chi connectivity index (χ1n) is 9.05. The number of ether oxygens (including phenoxy) is 3. The van der Waals surface area contributed by atoms with Crippen LogP contribution in [0, 0.1) is 0 Å². The zero-order chi connectivity index (χ0) is 20.9. The van der Waals surface area contributed by atoms with Crippen LogP contribution in [0.15, 0.2) is 24.3 Å². The smallest absolute Gasteiger partial charge is 0.355 e. The Balaban J connectivity index is 1.94. The number of rotatable bonds is 9. The number of aliphatic hydroxyl groups excluding tert-OH is 5. The van der Waals surface area contributed by atoms with Crippen LogP contribution in [-0.2, 0) is 4.74 Å². The van der Waals surface area contributed by atoms with Crippen molar-refractivity contribution >= 4 is 0 Å². The molecule has 1 saturated heterocycles. The van der Waals surface area contributed by atoms with Gasteiger partial charge < -0.3 is 50.2 Å². The Morgan fingerprint density at radius 3 is 2.29 bits per heavy atom. The molecule has 10 nitrogen and oxygen atoms in total. The highest BCUT2D eigenvalue weighted by Gasteiger charge is 2.55. The molecular formula is C18H29NO9. The second-order valence-electron chi connectivity index (χ2n) is 7.00. The van der Waals surface area contributed by atoms with Crippen LogP contribution in [0.1, 0.15) is 13.8 Å². The maximum absolute atomic E-state index is 10.4. The third-order valence-corrected chi connectivity index (χ3v) is 4.22. The quantitative estimate of drug-likeness (QED) is 0.228. The number of hydrogen-bond acceptors (Lipinski definition) is 10. The van der Waals surface area contributed by atoms with E-state index in [0.717, 1.165) is 0 Å². The lowest BCUT2D eigenvalue weighted by Crippen LogP contribution is -2.67. The topological polar surface area (TPSA) is 161 Å². The van der Waals surface area contributed by atoms with E-state index in [4.69, 9.17) is 14.2 Å². The van der Waals surface area contributed by atoms with Gasteiger partial charge in [0.1, 0.15) is 42.5 Å². The molecule has 1 aliphatic heterocycles. The molecule has 28 heavy (non-hydrogen) atoms. The molecule has 0 saturated carbocycles. The Morgan fingerprint density at radius 1 is 1.11 bits per heavy atom. The van der Waals surface area contributed by atoms with E-state index in [1.54, 1.807) is 0 Å². The summed E-state index contributed by atoms with van der Waals surface area (Å²) in [6.45, 7) is 3.71. The van der Waals surface area contributed by atoms with Crippen LogP contribution in [-0.4, -0.2) is 92.9 Å². The van der Waals surface area contributed by atoms with E-state index in [1.165, 1.54) is 24.3 Å². The van der Waals surface area contributed by atoms with Crippen LogP contribution in [0.2, 0.25) is 0 Å². The maximum atomic E-state index is 10.4. The maximum Gasteiger partial charge on any atom is 0.355 e. The molecule has 0 spiro atoms. The first-order valence-corrected chi connectivity index (χ1v) is 9.05. The molecule has 0 aliphatic carbocycles. The van der Waals surface area contributed by atoms with Crippen LogP contribution in [0.5, 0.6) is 11.5 Å². The number of hydrogen-bond donors (Lipinski definition) is 7. The van der Waals surface area contributed by atoms with Gasteiger partial charge in [-0.3, -0.25) is 0 Å². The van der Waals surface area contributed by atoms with Crippen LogP contribution in [0.3, 0.4) is 0 Å². The Bertz CT molecular complexity index is 597. The summed E-state index contributed by atoms with van der Waals surface area (Å²) in [6.07, 6.45) is -7.36. The molecule has 6 atom stereocenters. The van der Waals surface area contributed by atoms with Crippen molar-refractivity contribution in [3.8, 4) is 11.5 Å². The Labute approximate surface area is 162 Å². The first kappa shape index (κ1) is 22.8. The van der Waals surface area contributed by atoms with Gasteiger partial charge >= 0.3 is 5.97 Å². The van der Waals surface area contributed by atoms with Gasteiger partial charge in [-0.15, -0.1) is 0 Å². The van der Waals surface area contributed by atoms with Gasteiger partial charge in [0.05, 0.1) is 6.61 Å². The third kappa shape index (κ3) is 5.75. The number of benzene rings is 1. The lowest BCUT2D eigenvalue weighted by Gasteiger charge is -2.44. The Hall–Kier alpha value is -1.50. The molecule has 7 N–H and O–H groups in total. The molecule has 160 valence electrons. The predicted octanol–water partition coefficient (Wildman–Crippen LogP) is -2.08. The van der Waals surface area contributed by atoms with Crippen LogP contribution in [0.4, 0.5) is 0 Å². The SMILES string of the molecule is CC(C)NCC(O)COc1ccc(O[C@@]2(O)O[C@H](CO)[C@@H](O)[C@H](O)[C@H]2O)cc1. The molecule has 2 rings (SSSR count). The van der Waals surface area contributed by atoms with Gasteiger partial charge in [-0.25, -0.2) is 0 Å². The second-order valence-corrected chi connectivity index (χ2v) is 7.00. The van der Waals surface area contributed by atoms with Gasteiger partial charge in [-0.05, 0) is 24.3 Å². The lowest BCUT2D eigenvalue weighted by atomic mass is 9.98. The molecule has 1 heterocycles. The monoisotopic (exact) mass is 403 g/mol. The van der Waals surface area contributed by atoms with Gasteiger partial charge in [0.2, 0.25) is 0 Å². The summed E-state index contributed by atoms with van der Waals surface area (Å²) in [5, 5.41) is 62.0. The van der Waals surface area contributed by atoms with E-state index >= 15 is 0 Å². The van der Waals surface area contributed by atoms with E-state index < -0.39 is 43.1 Å². The standard InChI is InChI=1S/C18H29NO9/c1-10(2)19-7-11(21)9-26-12-3-5-13(6-4-12)27-18(25)17(24)16(23)15(22)14(8-20)28-18/h3-6,10-11,14-17,19-25H,7-9H2,1-2H3/t11?,14-,15-,16+,17-,18-/m1/s1. The van der Waals surface area contributed by atoms with Crippen molar-refractivity contribution in [2.24, 2.45) is 0 Å². The summed E-state index contributed by atoms with van der Waals surface area (Å²) in [5.41, 5.74) is 0. The molecule has 0 radical (unpaired) electrons. The fourth-order valence-electron chi connectivity index (χ4n) is 2.60. The molecule has 0 bridgehead atoms. The molecule has 10 heteroatoms. The Morgan fingerprint density at radius 2 is 1.71 bits per heavy atom. The zero-order valence-electron chi connectivity index (χ0n) is 15.8. The van der Waals surface area contributed by atoms with Gasteiger partial charge in [-0.2, -0.15) is 0 Å². The molecule has 1 aromatic carbocycles. The summed E-state index contributed by atoms with van der Waals surface area (Å²) in [6, 6.07) is 6.14. The minimum atomic E-state index is -2.66. The average Bonchev–Trinajstić information content (AvgIpc) is 2.67. The molecule has 1 aliphatic rings. The minimum Gasteiger partial charge on any atom is -0.491 e. The van der Waals surface area contributed by atoms with E-state index in [-0.39, 0.29) is 18.4 Å². The minimum absolute atomic E-state index is 0.0773. The van der Waals surface area contributed by atoms with Gasteiger partial charge in [0.25, 0.3) is 0 Å². The fraction of sp³-hybridized carbons (Fsp3) is 0.667. The number of aliphatic hydroxyl groups is 6. The highest BCUT2D eigenvalue weighted by Crippen LogP contribution is 2.31. The average molecular weight is 403 g/mol. The largest absolute Gasteiger partial charge is 0.491 e. The Kier molecular flexibility index (Phi) is 7.98. The molecular weight excluding hydrogens is 374 g/mol. The molecule has 1 aromatic rings. The van der Waals surface area contributed by atoms with Crippen molar-refractivity contribution in [1.29, 1.82) is 0 Å². The van der Waals surface area contributed by atoms with Crippen LogP contribution in [0.25, 0.3) is 0 Å². The fourth-order valence-corrected chi connectivity index (χ4v) is 2.60. The summed E-state index contributed by atoms with van der Waals surface area (Å²) < 4.78 is 15.7. The van der Waals surface area contributed by atoms with E-state index in [9.17, 15) is 30.6 Å². The van der Waals surface area contributed by atoms with Crippen LogP contribution >= 0.6 is 0 Å². The molecule has 1 fully saturated rings. The molecule has 0 aromatic heterocycles. The summed E-state index contributed by atoms with van der Waals surface area (Å²) in [5.74, 6) is -2.14. The van der Waals surface area contributed by atoms with Crippen molar-refractivity contribution in [3.05, 3.63) is 24.3 Å². The van der Waals surface area contributed by atoms with Crippen molar-refractivity contribution < 1.29 is 44.8 Å². The zero-order valence-corrected chi connectivity index (χ0v) is 15.8. The summed E-state index contributed by atoms with van der Waals surface area (Å²) >= 11 is 0. The third-order valence-electron chi connectivity index (χ3n) is 4.22. The normalized spacial score (nSPS) is 31.6.